The zero-order valence-corrected chi connectivity index (χ0v) is 16.0. The Kier molecular flexibility index (Phi) is 6.81. The maximum Gasteiger partial charge on any atom is 0.223 e. The Hall–Kier alpha value is -2.41. The molecule has 0 bridgehead atoms. The molecule has 1 aromatic heterocycles. The van der Waals surface area contributed by atoms with Crippen LogP contribution in [0.1, 0.15) is 36.6 Å². The van der Waals surface area contributed by atoms with Crippen molar-refractivity contribution in [1.29, 1.82) is 0 Å². The van der Waals surface area contributed by atoms with E-state index in [-0.39, 0.29) is 12.0 Å². The number of piperidine rings is 1. The number of nitrogens with zero attached hydrogens (tertiary/aromatic N) is 3. The van der Waals surface area contributed by atoms with Crippen molar-refractivity contribution in [3.05, 3.63) is 41.6 Å². The third-order valence-electron chi connectivity index (χ3n) is 4.91. The molecule has 0 aliphatic carbocycles. The average molecular weight is 373 g/mol. The molecule has 7 heteroatoms. The minimum Gasteiger partial charge on any atom is -0.497 e. The van der Waals surface area contributed by atoms with Crippen LogP contribution in [0, 0.1) is 0 Å². The second-order valence-electron chi connectivity index (χ2n) is 6.78. The molecule has 0 radical (unpaired) electrons. The van der Waals surface area contributed by atoms with E-state index in [2.05, 4.69) is 10.2 Å². The number of aryl methyl sites for hydroxylation is 3. The molecular formula is C20H27N3O4. The summed E-state index contributed by atoms with van der Waals surface area (Å²) >= 11 is 0. The van der Waals surface area contributed by atoms with Gasteiger partial charge in [0, 0.05) is 39.5 Å². The molecule has 27 heavy (non-hydrogen) atoms. The van der Waals surface area contributed by atoms with E-state index in [0.717, 1.165) is 31.6 Å². The summed E-state index contributed by atoms with van der Waals surface area (Å²) in [5, 5.41) is 8.17. The first-order chi connectivity index (χ1) is 13.2. The van der Waals surface area contributed by atoms with Crippen molar-refractivity contribution in [2.24, 2.45) is 0 Å². The summed E-state index contributed by atoms with van der Waals surface area (Å²) in [5.41, 5.74) is 1.18. The summed E-state index contributed by atoms with van der Waals surface area (Å²) in [6.45, 7) is 1.47. The lowest BCUT2D eigenvalue weighted by molar-refractivity contribution is -0.134. The summed E-state index contributed by atoms with van der Waals surface area (Å²) in [4.78, 5) is 14.2. The van der Waals surface area contributed by atoms with Gasteiger partial charge in [0.15, 0.2) is 0 Å². The Morgan fingerprint density at radius 2 is 1.89 bits per heavy atom. The molecule has 1 fully saturated rings. The van der Waals surface area contributed by atoms with E-state index < -0.39 is 0 Å². The topological polar surface area (TPSA) is 77.7 Å². The minimum absolute atomic E-state index is 0.120. The molecule has 2 aromatic rings. The molecule has 0 N–H and O–H groups in total. The van der Waals surface area contributed by atoms with Crippen LogP contribution in [-0.4, -0.2) is 54.4 Å². The second-order valence-corrected chi connectivity index (χ2v) is 6.78. The number of carbonyl (C=O) groups is 1. The molecule has 1 amide bonds. The summed E-state index contributed by atoms with van der Waals surface area (Å²) in [7, 11) is 3.35. The fraction of sp³-hybridized carbons (Fsp3) is 0.550. The number of methoxy groups -OCH3 is 2. The van der Waals surface area contributed by atoms with E-state index in [0.29, 0.717) is 37.6 Å². The number of ether oxygens (including phenoxy) is 2. The van der Waals surface area contributed by atoms with Gasteiger partial charge in [-0.3, -0.25) is 4.79 Å². The highest BCUT2D eigenvalue weighted by atomic mass is 16.5. The maximum atomic E-state index is 12.4. The van der Waals surface area contributed by atoms with Gasteiger partial charge in [0.1, 0.15) is 5.75 Å². The summed E-state index contributed by atoms with van der Waals surface area (Å²) in [6.07, 6.45) is 4.50. The van der Waals surface area contributed by atoms with Gasteiger partial charge in [-0.15, -0.1) is 10.2 Å². The van der Waals surface area contributed by atoms with E-state index in [1.54, 1.807) is 14.2 Å². The molecular weight excluding hydrogens is 346 g/mol. The van der Waals surface area contributed by atoms with Crippen molar-refractivity contribution in [2.45, 2.75) is 44.6 Å². The van der Waals surface area contributed by atoms with Crippen molar-refractivity contribution in [1.82, 2.24) is 15.1 Å². The highest BCUT2D eigenvalue weighted by Crippen LogP contribution is 2.15. The number of aromatic nitrogens is 2. The summed E-state index contributed by atoms with van der Waals surface area (Å²) in [6, 6.07) is 7.94. The zero-order valence-electron chi connectivity index (χ0n) is 16.0. The maximum absolute atomic E-state index is 12.4. The molecule has 0 spiro atoms. The fourth-order valence-electron chi connectivity index (χ4n) is 3.26. The van der Waals surface area contributed by atoms with Crippen molar-refractivity contribution < 1.29 is 18.7 Å². The minimum atomic E-state index is 0.120. The van der Waals surface area contributed by atoms with Gasteiger partial charge in [-0.1, -0.05) is 12.1 Å². The van der Waals surface area contributed by atoms with E-state index in [4.69, 9.17) is 13.9 Å². The normalized spacial score (nSPS) is 17.1. The third kappa shape index (κ3) is 5.53. The van der Waals surface area contributed by atoms with Gasteiger partial charge < -0.3 is 18.8 Å². The number of amides is 1. The standard InChI is InChI=1S/C20H27N3O4/c1-25-16-8-5-15(6-9-16)7-10-18-21-22-19(27-18)11-12-20(24)23-13-3-4-17(14-23)26-2/h5-6,8-9,17H,3-4,7,10-14H2,1-2H3. The Balaban J connectivity index is 1.44. The van der Waals surface area contributed by atoms with Gasteiger partial charge in [0.2, 0.25) is 17.7 Å². The zero-order chi connectivity index (χ0) is 19.1. The summed E-state index contributed by atoms with van der Waals surface area (Å²) < 4.78 is 16.2. The van der Waals surface area contributed by atoms with Crippen LogP contribution in [0.3, 0.4) is 0 Å². The van der Waals surface area contributed by atoms with E-state index in [1.807, 2.05) is 29.2 Å². The second kappa shape index (κ2) is 9.50. The molecule has 1 aliphatic heterocycles. The lowest BCUT2D eigenvalue weighted by Gasteiger charge is -2.31. The fourth-order valence-corrected chi connectivity index (χ4v) is 3.26. The summed E-state index contributed by atoms with van der Waals surface area (Å²) in [5.74, 6) is 2.09. The molecule has 0 saturated carbocycles. The number of likely N-dealkylation sites (tertiary alicyclic amines) is 1. The molecule has 7 nitrogen and oxygen atoms in total. The Labute approximate surface area is 159 Å². The van der Waals surface area contributed by atoms with Gasteiger partial charge in [-0.25, -0.2) is 0 Å². The molecule has 1 unspecified atom stereocenters. The Morgan fingerprint density at radius 1 is 1.15 bits per heavy atom. The van der Waals surface area contributed by atoms with Crippen LogP contribution in [0.4, 0.5) is 0 Å². The molecule has 1 aromatic carbocycles. The van der Waals surface area contributed by atoms with Gasteiger partial charge in [0.25, 0.3) is 0 Å². The monoisotopic (exact) mass is 373 g/mol. The quantitative estimate of drug-likeness (QED) is 0.707. The smallest absolute Gasteiger partial charge is 0.223 e. The molecule has 1 atom stereocenters. The van der Waals surface area contributed by atoms with Crippen molar-refractivity contribution in [2.75, 3.05) is 27.3 Å². The van der Waals surface area contributed by atoms with Crippen LogP contribution in [0.25, 0.3) is 0 Å². The van der Waals surface area contributed by atoms with Gasteiger partial charge in [0.05, 0.1) is 13.2 Å². The predicted molar refractivity (Wildman–Crippen MR) is 99.6 cm³/mol. The van der Waals surface area contributed by atoms with Crippen molar-refractivity contribution in [3.8, 4) is 5.75 Å². The Bertz CT molecular complexity index is 729. The van der Waals surface area contributed by atoms with Crippen LogP contribution in [0.15, 0.2) is 28.7 Å². The molecule has 1 aliphatic rings. The molecule has 146 valence electrons. The molecule has 2 heterocycles. The number of benzene rings is 1. The first-order valence-electron chi connectivity index (χ1n) is 9.42. The van der Waals surface area contributed by atoms with Crippen LogP contribution < -0.4 is 4.74 Å². The van der Waals surface area contributed by atoms with Crippen LogP contribution in [-0.2, 0) is 28.8 Å². The number of hydrogen-bond acceptors (Lipinski definition) is 6. The third-order valence-corrected chi connectivity index (χ3v) is 4.91. The Morgan fingerprint density at radius 3 is 2.59 bits per heavy atom. The lowest BCUT2D eigenvalue weighted by atomic mass is 10.1. The number of hydrogen-bond donors (Lipinski definition) is 0. The van der Waals surface area contributed by atoms with Crippen LogP contribution in [0.2, 0.25) is 0 Å². The van der Waals surface area contributed by atoms with Gasteiger partial charge >= 0.3 is 0 Å². The number of carbonyl (C=O) groups excluding carboxylic acids is 1. The van der Waals surface area contributed by atoms with Crippen LogP contribution >= 0.6 is 0 Å². The van der Waals surface area contributed by atoms with Crippen molar-refractivity contribution >= 4 is 5.91 Å². The average Bonchev–Trinajstić information content (AvgIpc) is 3.18. The largest absolute Gasteiger partial charge is 0.497 e. The molecule has 3 rings (SSSR count). The van der Waals surface area contributed by atoms with E-state index in [1.165, 1.54) is 5.56 Å². The van der Waals surface area contributed by atoms with Gasteiger partial charge in [-0.05, 0) is 37.0 Å². The highest BCUT2D eigenvalue weighted by Gasteiger charge is 2.23. The SMILES string of the molecule is COc1ccc(CCc2nnc(CCC(=O)N3CCCC(OC)C3)o2)cc1. The van der Waals surface area contributed by atoms with Gasteiger partial charge in [-0.2, -0.15) is 0 Å². The van der Waals surface area contributed by atoms with E-state index in [9.17, 15) is 4.79 Å². The first-order valence-corrected chi connectivity index (χ1v) is 9.42. The number of rotatable bonds is 8. The lowest BCUT2D eigenvalue weighted by Crippen LogP contribution is -2.42. The highest BCUT2D eigenvalue weighted by molar-refractivity contribution is 5.76. The predicted octanol–water partition coefficient (Wildman–Crippen LogP) is 2.43. The first kappa shape index (κ1) is 19.4. The molecule has 1 saturated heterocycles. The van der Waals surface area contributed by atoms with E-state index >= 15 is 0 Å². The van der Waals surface area contributed by atoms with Crippen LogP contribution in [0.5, 0.6) is 5.75 Å². The van der Waals surface area contributed by atoms with Crippen molar-refractivity contribution in [3.63, 3.8) is 0 Å².